The predicted molar refractivity (Wildman–Crippen MR) is 109 cm³/mol. The van der Waals surface area contributed by atoms with Gasteiger partial charge in [-0.25, -0.2) is 0 Å². The van der Waals surface area contributed by atoms with Gasteiger partial charge in [-0.15, -0.1) is 0 Å². The van der Waals surface area contributed by atoms with Gasteiger partial charge in [-0.1, -0.05) is 24.2 Å². The molecule has 0 bridgehead atoms. The maximum Gasteiger partial charge on any atom is 0.258 e. The Hall–Kier alpha value is -3.17. The highest BCUT2D eigenvalue weighted by molar-refractivity contribution is 5.68. The van der Waals surface area contributed by atoms with Crippen molar-refractivity contribution in [1.29, 1.82) is 5.26 Å². The Balaban J connectivity index is 1.61. The second kappa shape index (κ2) is 8.24. The Labute approximate surface area is 164 Å². The van der Waals surface area contributed by atoms with Crippen molar-refractivity contribution in [3.63, 3.8) is 0 Å². The van der Waals surface area contributed by atoms with E-state index in [1.807, 2.05) is 12.1 Å². The van der Waals surface area contributed by atoms with Crippen molar-refractivity contribution in [2.24, 2.45) is 0 Å². The fourth-order valence-electron chi connectivity index (χ4n) is 3.45. The van der Waals surface area contributed by atoms with E-state index in [2.05, 4.69) is 52.0 Å². The largest absolute Gasteiger partial charge is 0.384 e. The van der Waals surface area contributed by atoms with Crippen molar-refractivity contribution < 1.29 is 4.52 Å². The number of anilines is 1. The van der Waals surface area contributed by atoms with Crippen LogP contribution in [0.25, 0.3) is 22.8 Å². The van der Waals surface area contributed by atoms with Gasteiger partial charge in [0, 0.05) is 17.7 Å². The highest BCUT2D eigenvalue weighted by Crippen LogP contribution is 2.27. The van der Waals surface area contributed by atoms with Crippen LogP contribution in [0.1, 0.15) is 30.0 Å². The van der Waals surface area contributed by atoms with E-state index in [1.54, 1.807) is 6.07 Å². The Morgan fingerprint density at radius 1 is 1.11 bits per heavy atom. The van der Waals surface area contributed by atoms with E-state index < -0.39 is 0 Å². The van der Waals surface area contributed by atoms with Crippen LogP contribution in [-0.4, -0.2) is 29.8 Å². The van der Waals surface area contributed by atoms with E-state index in [0.717, 1.165) is 55.7 Å². The van der Waals surface area contributed by atoms with Gasteiger partial charge in [0.15, 0.2) is 0 Å². The van der Waals surface area contributed by atoms with Crippen LogP contribution in [0.5, 0.6) is 0 Å². The Bertz CT molecular complexity index is 1020. The van der Waals surface area contributed by atoms with Gasteiger partial charge in [-0.05, 0) is 67.7 Å². The highest BCUT2D eigenvalue weighted by Gasteiger charge is 2.15. The summed E-state index contributed by atoms with van der Waals surface area (Å²) in [7, 11) is 0. The lowest BCUT2D eigenvalue weighted by Crippen LogP contribution is -2.16. The third-order valence-electron chi connectivity index (χ3n) is 4.99. The molecule has 2 aromatic carbocycles. The van der Waals surface area contributed by atoms with Gasteiger partial charge < -0.3 is 15.2 Å². The first-order valence-electron chi connectivity index (χ1n) is 9.73. The molecule has 1 aliphatic rings. The van der Waals surface area contributed by atoms with Crippen LogP contribution in [0.3, 0.4) is 0 Å². The molecule has 4 rings (SSSR count). The average Bonchev–Trinajstić information content (AvgIpc) is 3.11. The summed E-state index contributed by atoms with van der Waals surface area (Å²) in [6, 6.07) is 14.2. The van der Waals surface area contributed by atoms with Crippen LogP contribution in [0, 0.1) is 11.3 Å². The first-order chi connectivity index (χ1) is 13.8. The zero-order chi connectivity index (χ0) is 19.3. The van der Waals surface area contributed by atoms with Gasteiger partial charge in [0.1, 0.15) is 6.07 Å². The van der Waals surface area contributed by atoms with Crippen molar-refractivity contribution in [2.75, 3.05) is 25.0 Å². The molecule has 142 valence electrons. The van der Waals surface area contributed by atoms with Gasteiger partial charge in [-0.3, -0.25) is 0 Å². The monoisotopic (exact) mass is 373 g/mol. The minimum absolute atomic E-state index is 0.421. The second-order valence-electron chi connectivity index (χ2n) is 6.96. The van der Waals surface area contributed by atoms with Crippen LogP contribution in [0.15, 0.2) is 40.9 Å². The van der Waals surface area contributed by atoms with Crippen LogP contribution < -0.4 is 10.6 Å². The quantitative estimate of drug-likeness (QED) is 0.708. The summed E-state index contributed by atoms with van der Waals surface area (Å²) in [5.41, 5.74) is 5.82. The molecule has 0 atom stereocenters. The van der Waals surface area contributed by atoms with Gasteiger partial charge in [0.05, 0.1) is 11.3 Å². The molecule has 0 radical (unpaired) electrons. The Morgan fingerprint density at radius 2 is 1.93 bits per heavy atom. The topological polar surface area (TPSA) is 86.8 Å². The number of aromatic nitrogens is 2. The third-order valence-corrected chi connectivity index (χ3v) is 4.99. The van der Waals surface area contributed by atoms with Crippen molar-refractivity contribution >= 4 is 5.69 Å². The summed E-state index contributed by atoms with van der Waals surface area (Å²) >= 11 is 0. The summed E-state index contributed by atoms with van der Waals surface area (Å²) in [5, 5.41) is 20.3. The number of fused-ring (bicyclic) bond motifs is 1. The Kier molecular flexibility index (Phi) is 5.36. The number of rotatable bonds is 5. The molecule has 0 aliphatic carbocycles. The van der Waals surface area contributed by atoms with E-state index >= 15 is 0 Å². The number of benzene rings is 2. The summed E-state index contributed by atoms with van der Waals surface area (Å²) in [6.07, 6.45) is 3.05. The van der Waals surface area contributed by atoms with Crippen LogP contribution in [0.2, 0.25) is 0 Å². The molecule has 6 nitrogen and oxygen atoms in total. The molecule has 0 amide bonds. The summed E-state index contributed by atoms with van der Waals surface area (Å²) < 4.78 is 5.49. The van der Waals surface area contributed by atoms with Crippen LogP contribution >= 0.6 is 0 Å². The number of nitrogens with one attached hydrogen (secondary N) is 2. The molecule has 0 saturated heterocycles. The molecule has 0 unspecified atom stereocenters. The molecule has 3 aromatic rings. The fraction of sp³-hybridized carbons (Fsp3) is 0.318. The molecule has 0 saturated carbocycles. The number of nitriles is 1. The van der Waals surface area contributed by atoms with Gasteiger partial charge in [-0.2, -0.15) is 10.2 Å². The number of hydrogen-bond acceptors (Lipinski definition) is 6. The minimum Gasteiger partial charge on any atom is -0.384 e. The molecule has 6 heteroatoms. The van der Waals surface area contributed by atoms with Crippen LogP contribution in [0.4, 0.5) is 5.69 Å². The normalized spacial score (nSPS) is 13.4. The summed E-state index contributed by atoms with van der Waals surface area (Å²) in [6.45, 7) is 4.92. The molecule has 28 heavy (non-hydrogen) atoms. The molecule has 0 fully saturated rings. The van der Waals surface area contributed by atoms with E-state index in [4.69, 9.17) is 4.52 Å². The standard InChI is InChI=1S/C22H23N5O/c1-2-9-25-20-6-5-18(13-19(20)14-23)22-26-21(27-28-22)17-4-3-15-7-10-24-11-8-16(15)12-17/h3-6,12-13,24-25H,2,7-11H2,1H3. The maximum atomic E-state index is 9.45. The second-order valence-corrected chi connectivity index (χ2v) is 6.96. The van der Waals surface area contributed by atoms with E-state index in [-0.39, 0.29) is 0 Å². The van der Waals surface area contributed by atoms with E-state index in [1.165, 1.54) is 11.1 Å². The fourth-order valence-corrected chi connectivity index (χ4v) is 3.45. The van der Waals surface area contributed by atoms with Gasteiger partial charge >= 0.3 is 0 Å². The van der Waals surface area contributed by atoms with E-state index in [0.29, 0.717) is 17.3 Å². The SMILES string of the molecule is CCCNc1ccc(-c2nc(-c3ccc4c(c3)CCNCC4)no2)cc1C#N. The summed E-state index contributed by atoms with van der Waals surface area (Å²) in [5.74, 6) is 0.992. The highest BCUT2D eigenvalue weighted by atomic mass is 16.5. The number of nitrogens with zero attached hydrogens (tertiary/aromatic N) is 3. The van der Waals surface area contributed by atoms with Crippen molar-refractivity contribution in [2.45, 2.75) is 26.2 Å². The maximum absolute atomic E-state index is 9.45. The average molecular weight is 373 g/mol. The lowest BCUT2D eigenvalue weighted by Gasteiger charge is -2.07. The predicted octanol–water partition coefficient (Wildman–Crippen LogP) is 3.79. The molecule has 1 aromatic heterocycles. The lowest BCUT2D eigenvalue weighted by molar-refractivity contribution is 0.432. The molecular weight excluding hydrogens is 350 g/mol. The minimum atomic E-state index is 0.421. The first-order valence-corrected chi connectivity index (χ1v) is 9.73. The van der Waals surface area contributed by atoms with Crippen molar-refractivity contribution in [3.8, 4) is 28.9 Å². The zero-order valence-corrected chi connectivity index (χ0v) is 16.0. The van der Waals surface area contributed by atoms with Crippen LogP contribution in [-0.2, 0) is 12.8 Å². The molecule has 2 N–H and O–H groups in total. The van der Waals surface area contributed by atoms with E-state index in [9.17, 15) is 5.26 Å². The third kappa shape index (κ3) is 3.75. The molecule has 1 aliphatic heterocycles. The molecule has 2 heterocycles. The van der Waals surface area contributed by atoms with Gasteiger partial charge in [0.2, 0.25) is 5.82 Å². The smallest absolute Gasteiger partial charge is 0.258 e. The van der Waals surface area contributed by atoms with Crippen molar-refractivity contribution in [3.05, 3.63) is 53.1 Å². The molecular formula is C22H23N5O. The zero-order valence-electron chi connectivity index (χ0n) is 16.0. The summed E-state index contributed by atoms with van der Waals surface area (Å²) in [4.78, 5) is 4.57. The lowest BCUT2D eigenvalue weighted by atomic mass is 10.00. The molecule has 0 spiro atoms. The Morgan fingerprint density at radius 3 is 2.75 bits per heavy atom. The first kappa shape index (κ1) is 18.2. The van der Waals surface area contributed by atoms with Gasteiger partial charge in [0.25, 0.3) is 5.89 Å². The number of hydrogen-bond donors (Lipinski definition) is 2. The van der Waals surface area contributed by atoms with Crippen molar-refractivity contribution in [1.82, 2.24) is 15.5 Å².